The maximum absolute atomic E-state index is 6.21. The number of nitrogens with two attached hydrogens (primary N) is 1. The molecule has 0 aromatic heterocycles. The van der Waals surface area contributed by atoms with Crippen LogP contribution in [0.4, 0.5) is 0 Å². The van der Waals surface area contributed by atoms with Crippen LogP contribution in [0, 0.1) is 10.8 Å². The molecule has 0 amide bonds. The molecule has 58 valence electrons. The molecule has 10 heavy (non-hydrogen) atoms. The Morgan fingerprint density at radius 1 is 1.10 bits per heavy atom. The van der Waals surface area contributed by atoms with Gasteiger partial charge in [0.15, 0.2) is 0 Å². The summed E-state index contributed by atoms with van der Waals surface area (Å²) in [6.07, 6.45) is 3.85. The van der Waals surface area contributed by atoms with Crippen LogP contribution in [0.25, 0.3) is 0 Å². The zero-order valence-electron chi connectivity index (χ0n) is 7.20. The number of fused-ring (bicyclic) bond motifs is 1. The van der Waals surface area contributed by atoms with Gasteiger partial charge in [-0.05, 0) is 30.1 Å². The Hall–Kier alpha value is -0.0400. The van der Waals surface area contributed by atoms with Crippen molar-refractivity contribution in [2.45, 2.75) is 45.6 Å². The summed E-state index contributed by atoms with van der Waals surface area (Å²) in [6, 6.07) is 0. The molecule has 1 nitrogen and oxygen atoms in total. The van der Waals surface area contributed by atoms with Gasteiger partial charge in [-0.25, -0.2) is 0 Å². The van der Waals surface area contributed by atoms with E-state index in [-0.39, 0.29) is 5.54 Å². The molecule has 1 heteroatoms. The summed E-state index contributed by atoms with van der Waals surface area (Å²) >= 11 is 0. The highest BCUT2D eigenvalue weighted by Crippen LogP contribution is 2.71. The molecule has 3 saturated carbocycles. The molecule has 0 saturated heterocycles. The van der Waals surface area contributed by atoms with Crippen molar-refractivity contribution in [2.24, 2.45) is 16.6 Å². The van der Waals surface area contributed by atoms with E-state index < -0.39 is 0 Å². The number of rotatable bonds is 0. The molecule has 2 N–H and O–H groups in total. The van der Waals surface area contributed by atoms with Gasteiger partial charge in [-0.15, -0.1) is 0 Å². The molecule has 2 atom stereocenters. The van der Waals surface area contributed by atoms with Crippen LogP contribution in [-0.2, 0) is 0 Å². The van der Waals surface area contributed by atoms with Crippen molar-refractivity contribution in [2.75, 3.05) is 0 Å². The molecule has 3 aliphatic rings. The van der Waals surface area contributed by atoms with E-state index in [1.54, 1.807) is 0 Å². The highest BCUT2D eigenvalue weighted by molar-refractivity contribution is 5.23. The quantitative estimate of drug-likeness (QED) is 0.545. The predicted octanol–water partition coefficient (Wildman–Crippen LogP) is 1.91. The first-order valence-electron chi connectivity index (χ1n) is 4.20. The smallest absolute Gasteiger partial charge is 0.0216 e. The SMILES string of the molecule is CC12CCC(N)(C1)C2(C)C. The van der Waals surface area contributed by atoms with E-state index in [1.807, 2.05) is 0 Å². The van der Waals surface area contributed by atoms with Crippen LogP contribution >= 0.6 is 0 Å². The van der Waals surface area contributed by atoms with E-state index in [0.29, 0.717) is 10.8 Å². The van der Waals surface area contributed by atoms with Crippen LogP contribution in [0.5, 0.6) is 0 Å². The van der Waals surface area contributed by atoms with Crippen molar-refractivity contribution in [3.63, 3.8) is 0 Å². The lowest BCUT2D eigenvalue weighted by molar-refractivity contribution is -0.0615. The van der Waals surface area contributed by atoms with E-state index >= 15 is 0 Å². The van der Waals surface area contributed by atoms with Crippen LogP contribution in [-0.4, -0.2) is 5.54 Å². The molecule has 3 aliphatic carbocycles. The Balaban J connectivity index is 2.39. The second kappa shape index (κ2) is 1.29. The van der Waals surface area contributed by atoms with Crippen molar-refractivity contribution in [1.82, 2.24) is 0 Å². The molecule has 0 spiro atoms. The van der Waals surface area contributed by atoms with Crippen molar-refractivity contribution < 1.29 is 0 Å². The first-order chi connectivity index (χ1) is 4.41. The Kier molecular flexibility index (Phi) is 0.860. The predicted molar refractivity (Wildman–Crippen MR) is 42.7 cm³/mol. The molecule has 3 rings (SSSR count). The van der Waals surface area contributed by atoms with Gasteiger partial charge >= 0.3 is 0 Å². The monoisotopic (exact) mass is 139 g/mol. The lowest BCUT2D eigenvalue weighted by Crippen LogP contribution is -2.64. The summed E-state index contributed by atoms with van der Waals surface area (Å²) < 4.78 is 0. The first kappa shape index (κ1) is 6.66. The van der Waals surface area contributed by atoms with E-state index in [2.05, 4.69) is 20.8 Å². The topological polar surface area (TPSA) is 26.0 Å². The Morgan fingerprint density at radius 2 is 1.70 bits per heavy atom. The lowest BCUT2D eigenvalue weighted by Gasteiger charge is -2.59. The van der Waals surface area contributed by atoms with Crippen LogP contribution in [0.15, 0.2) is 0 Å². The van der Waals surface area contributed by atoms with E-state index in [1.165, 1.54) is 19.3 Å². The fourth-order valence-electron chi connectivity index (χ4n) is 2.93. The van der Waals surface area contributed by atoms with Crippen molar-refractivity contribution >= 4 is 0 Å². The highest BCUT2D eigenvalue weighted by Gasteiger charge is 2.69. The van der Waals surface area contributed by atoms with Gasteiger partial charge in [0.25, 0.3) is 0 Å². The molecule has 2 bridgehead atoms. The molecule has 3 fully saturated rings. The standard InChI is InChI=1S/C9H17N/c1-7(2)8(3)4-5-9(7,10)6-8/h4-6,10H2,1-3H3. The molecule has 0 aliphatic heterocycles. The van der Waals surface area contributed by atoms with Crippen LogP contribution in [0.3, 0.4) is 0 Å². The van der Waals surface area contributed by atoms with Crippen LogP contribution in [0.2, 0.25) is 0 Å². The molecule has 2 unspecified atom stereocenters. The Bertz CT molecular complexity index is 167. The van der Waals surface area contributed by atoms with Gasteiger partial charge in [-0.2, -0.15) is 0 Å². The molecular formula is C9H17N. The Morgan fingerprint density at radius 3 is 1.80 bits per heavy atom. The maximum Gasteiger partial charge on any atom is 0.0216 e. The fraction of sp³-hybridized carbons (Fsp3) is 1.00. The van der Waals surface area contributed by atoms with Crippen molar-refractivity contribution in [3.8, 4) is 0 Å². The van der Waals surface area contributed by atoms with Gasteiger partial charge in [0.1, 0.15) is 0 Å². The number of hydrogen-bond donors (Lipinski definition) is 1. The summed E-state index contributed by atoms with van der Waals surface area (Å²) in [5, 5.41) is 0. The third-order valence-electron chi connectivity index (χ3n) is 4.58. The van der Waals surface area contributed by atoms with Gasteiger partial charge in [0.2, 0.25) is 0 Å². The zero-order valence-corrected chi connectivity index (χ0v) is 7.20. The van der Waals surface area contributed by atoms with Crippen LogP contribution < -0.4 is 5.73 Å². The van der Waals surface area contributed by atoms with E-state index in [0.717, 1.165) is 0 Å². The first-order valence-corrected chi connectivity index (χ1v) is 4.20. The lowest BCUT2D eigenvalue weighted by atomic mass is 9.48. The van der Waals surface area contributed by atoms with Gasteiger partial charge in [0.05, 0.1) is 0 Å². The molecule has 0 aromatic carbocycles. The Labute approximate surface area is 63.0 Å². The minimum absolute atomic E-state index is 0.196. The van der Waals surface area contributed by atoms with Gasteiger partial charge in [0, 0.05) is 5.54 Å². The fourth-order valence-corrected chi connectivity index (χ4v) is 2.93. The van der Waals surface area contributed by atoms with Gasteiger partial charge < -0.3 is 5.73 Å². The third kappa shape index (κ3) is 0.402. The minimum Gasteiger partial charge on any atom is -0.325 e. The average molecular weight is 139 g/mol. The summed E-state index contributed by atoms with van der Waals surface area (Å²) in [7, 11) is 0. The summed E-state index contributed by atoms with van der Waals surface area (Å²) in [6.45, 7) is 7.03. The van der Waals surface area contributed by atoms with Gasteiger partial charge in [-0.1, -0.05) is 20.8 Å². The summed E-state index contributed by atoms with van der Waals surface area (Å²) in [4.78, 5) is 0. The average Bonchev–Trinajstić information content (AvgIpc) is 2.18. The normalized spacial score (nSPS) is 56.4. The zero-order chi connectivity index (χ0) is 7.62. The largest absolute Gasteiger partial charge is 0.325 e. The highest BCUT2D eigenvalue weighted by atomic mass is 14.9. The summed E-state index contributed by atoms with van der Waals surface area (Å²) in [5.74, 6) is 0. The molecule has 0 radical (unpaired) electrons. The van der Waals surface area contributed by atoms with E-state index in [4.69, 9.17) is 5.73 Å². The molecule has 0 aromatic rings. The third-order valence-corrected chi connectivity index (χ3v) is 4.58. The van der Waals surface area contributed by atoms with Crippen molar-refractivity contribution in [3.05, 3.63) is 0 Å². The van der Waals surface area contributed by atoms with Crippen LogP contribution in [0.1, 0.15) is 40.0 Å². The second-order valence-electron chi connectivity index (χ2n) is 5.02. The maximum atomic E-state index is 6.21. The van der Waals surface area contributed by atoms with E-state index in [9.17, 15) is 0 Å². The minimum atomic E-state index is 0.196. The van der Waals surface area contributed by atoms with Gasteiger partial charge in [-0.3, -0.25) is 0 Å². The number of hydrogen-bond acceptors (Lipinski definition) is 1. The second-order valence-corrected chi connectivity index (χ2v) is 5.02. The molecular weight excluding hydrogens is 122 g/mol. The molecule has 0 heterocycles. The van der Waals surface area contributed by atoms with Crippen molar-refractivity contribution in [1.29, 1.82) is 0 Å². The summed E-state index contributed by atoms with van der Waals surface area (Å²) in [5.41, 5.74) is 7.38.